The lowest BCUT2D eigenvalue weighted by Crippen LogP contribution is -1.81. The third-order valence-electron chi connectivity index (χ3n) is 2.03. The molecule has 0 radical (unpaired) electrons. The van der Waals surface area contributed by atoms with Crippen molar-refractivity contribution in [3.8, 4) is 0 Å². The van der Waals surface area contributed by atoms with Crippen LogP contribution in [0.3, 0.4) is 0 Å². The fourth-order valence-electron chi connectivity index (χ4n) is 1.22. The lowest BCUT2D eigenvalue weighted by Gasteiger charge is -1.99. The zero-order valence-corrected chi connectivity index (χ0v) is 10.7. The molecule has 1 rings (SSSR count). The first-order valence-electron chi connectivity index (χ1n) is 5.99. The van der Waals surface area contributed by atoms with Gasteiger partial charge in [-0.25, -0.2) is 0 Å². The van der Waals surface area contributed by atoms with Gasteiger partial charge in [0.1, 0.15) is 0 Å². The maximum Gasteiger partial charge on any atom is -0.0257 e. The average Bonchev–Trinajstić information content (AvgIpc) is 2.29. The lowest BCUT2D eigenvalue weighted by atomic mass is 10.1. The maximum absolute atomic E-state index is 2.25. The minimum atomic E-state index is 0.630. The molecule has 0 bridgehead atoms. The molecule has 0 spiro atoms. The Morgan fingerprint density at radius 2 is 1.87 bits per heavy atom. The third-order valence-corrected chi connectivity index (χ3v) is 2.03. The van der Waals surface area contributed by atoms with Crippen LogP contribution in [0.4, 0.5) is 0 Å². The van der Waals surface area contributed by atoms with E-state index in [4.69, 9.17) is 0 Å². The molecule has 0 nitrogen and oxygen atoms in total. The summed E-state index contributed by atoms with van der Waals surface area (Å²) >= 11 is 0. The zero-order valence-electron chi connectivity index (χ0n) is 10.7. The van der Waals surface area contributed by atoms with E-state index in [2.05, 4.69) is 57.2 Å². The van der Waals surface area contributed by atoms with Gasteiger partial charge in [-0.1, -0.05) is 71.0 Å². The zero-order chi connectivity index (χ0) is 11.7. The van der Waals surface area contributed by atoms with Crippen molar-refractivity contribution in [3.63, 3.8) is 0 Å². The van der Waals surface area contributed by atoms with Gasteiger partial charge in [0, 0.05) is 0 Å². The highest BCUT2D eigenvalue weighted by atomic mass is 14.0. The number of rotatable bonds is 3. The Kier molecular flexibility index (Phi) is 7.71. The minimum absolute atomic E-state index is 0.630. The molecule has 1 aromatic rings. The average molecular weight is 204 g/mol. The summed E-state index contributed by atoms with van der Waals surface area (Å²) in [5.74, 6) is 0.630. The number of benzene rings is 1. The van der Waals surface area contributed by atoms with Crippen molar-refractivity contribution in [3.05, 3.63) is 41.5 Å². The molecule has 0 aromatic heterocycles. The topological polar surface area (TPSA) is 0 Å². The van der Waals surface area contributed by atoms with E-state index < -0.39 is 0 Å². The monoisotopic (exact) mass is 204 g/mol. The second-order valence-electron chi connectivity index (χ2n) is 3.70. The molecule has 84 valence electrons. The smallest absolute Gasteiger partial charge is 0.0257 e. The van der Waals surface area contributed by atoms with Gasteiger partial charge in [0.2, 0.25) is 0 Å². The van der Waals surface area contributed by atoms with Gasteiger partial charge in [-0.2, -0.15) is 0 Å². The molecule has 0 aliphatic rings. The van der Waals surface area contributed by atoms with Crippen LogP contribution in [0, 0.1) is 5.92 Å². The SMILES string of the molecule is CC.CCc1cccc(/C=C/C(C)C)c1. The van der Waals surface area contributed by atoms with Gasteiger partial charge in [0.25, 0.3) is 0 Å². The van der Waals surface area contributed by atoms with Gasteiger partial charge in [0.05, 0.1) is 0 Å². The van der Waals surface area contributed by atoms with Crippen LogP contribution in [0.2, 0.25) is 0 Å². The summed E-state index contributed by atoms with van der Waals surface area (Å²) in [4.78, 5) is 0. The molecule has 0 heteroatoms. The maximum atomic E-state index is 2.25. The van der Waals surface area contributed by atoms with Crippen LogP contribution in [0.25, 0.3) is 6.08 Å². The molecule has 0 atom stereocenters. The lowest BCUT2D eigenvalue weighted by molar-refractivity contribution is 0.836. The van der Waals surface area contributed by atoms with Crippen LogP contribution in [0.5, 0.6) is 0 Å². The van der Waals surface area contributed by atoms with Crippen molar-refractivity contribution in [2.45, 2.75) is 41.0 Å². The molecule has 0 saturated carbocycles. The number of aryl methyl sites for hydroxylation is 1. The number of hydrogen-bond donors (Lipinski definition) is 0. The quantitative estimate of drug-likeness (QED) is 0.654. The Labute approximate surface area is 95.0 Å². The molecular formula is C15H24. The first-order chi connectivity index (χ1) is 7.22. The van der Waals surface area contributed by atoms with Crippen LogP contribution in [0.1, 0.15) is 45.7 Å². The van der Waals surface area contributed by atoms with Gasteiger partial charge < -0.3 is 0 Å². The van der Waals surface area contributed by atoms with E-state index in [0.29, 0.717) is 5.92 Å². The predicted molar refractivity (Wildman–Crippen MR) is 71.0 cm³/mol. The highest BCUT2D eigenvalue weighted by Gasteiger charge is 1.90. The molecule has 0 saturated heterocycles. The van der Waals surface area contributed by atoms with Crippen molar-refractivity contribution in [1.82, 2.24) is 0 Å². The molecule has 15 heavy (non-hydrogen) atoms. The largest absolute Gasteiger partial charge is 0.0814 e. The van der Waals surface area contributed by atoms with E-state index in [9.17, 15) is 0 Å². The van der Waals surface area contributed by atoms with E-state index in [-0.39, 0.29) is 0 Å². The van der Waals surface area contributed by atoms with Crippen molar-refractivity contribution in [2.24, 2.45) is 5.92 Å². The summed E-state index contributed by atoms with van der Waals surface area (Å²) in [6, 6.07) is 8.70. The van der Waals surface area contributed by atoms with Gasteiger partial charge >= 0.3 is 0 Å². The van der Waals surface area contributed by atoms with E-state index in [1.165, 1.54) is 11.1 Å². The van der Waals surface area contributed by atoms with Gasteiger partial charge in [0.15, 0.2) is 0 Å². The Morgan fingerprint density at radius 1 is 1.20 bits per heavy atom. The van der Waals surface area contributed by atoms with Crippen LogP contribution in [0.15, 0.2) is 30.3 Å². The molecule has 0 unspecified atom stereocenters. The predicted octanol–water partition coefficient (Wildman–Crippen LogP) is 4.94. The Morgan fingerprint density at radius 3 is 2.40 bits per heavy atom. The second-order valence-corrected chi connectivity index (χ2v) is 3.70. The molecule has 0 heterocycles. The Balaban J connectivity index is 0.000000921. The first kappa shape index (κ1) is 14.0. The summed E-state index contributed by atoms with van der Waals surface area (Å²) in [7, 11) is 0. The van der Waals surface area contributed by atoms with Crippen molar-refractivity contribution < 1.29 is 0 Å². The normalized spacial score (nSPS) is 10.3. The molecule has 0 amide bonds. The summed E-state index contributed by atoms with van der Waals surface area (Å²) in [5, 5.41) is 0. The molecule has 0 aliphatic heterocycles. The molecular weight excluding hydrogens is 180 g/mol. The summed E-state index contributed by atoms with van der Waals surface area (Å²) in [6.45, 7) is 10.6. The van der Waals surface area contributed by atoms with Gasteiger partial charge in [-0.15, -0.1) is 0 Å². The molecule has 0 N–H and O–H groups in total. The van der Waals surface area contributed by atoms with E-state index in [1.54, 1.807) is 0 Å². The fraction of sp³-hybridized carbons (Fsp3) is 0.467. The summed E-state index contributed by atoms with van der Waals surface area (Å²) < 4.78 is 0. The second kappa shape index (κ2) is 8.28. The van der Waals surface area contributed by atoms with E-state index >= 15 is 0 Å². The molecule has 0 aliphatic carbocycles. The van der Waals surface area contributed by atoms with Crippen molar-refractivity contribution >= 4 is 6.08 Å². The van der Waals surface area contributed by atoms with Gasteiger partial charge in [-0.3, -0.25) is 0 Å². The van der Waals surface area contributed by atoms with Gasteiger partial charge in [-0.05, 0) is 23.5 Å². The molecule has 0 fully saturated rings. The van der Waals surface area contributed by atoms with Crippen LogP contribution in [-0.4, -0.2) is 0 Å². The summed E-state index contributed by atoms with van der Waals surface area (Å²) in [5.41, 5.74) is 2.72. The van der Waals surface area contributed by atoms with E-state index in [1.807, 2.05) is 13.8 Å². The van der Waals surface area contributed by atoms with Crippen LogP contribution >= 0.6 is 0 Å². The Bertz CT molecular complexity index is 282. The number of allylic oxidation sites excluding steroid dienone is 1. The third kappa shape index (κ3) is 6.11. The molecule has 1 aromatic carbocycles. The first-order valence-corrected chi connectivity index (χ1v) is 5.99. The minimum Gasteiger partial charge on any atom is -0.0814 e. The van der Waals surface area contributed by atoms with E-state index in [0.717, 1.165) is 6.42 Å². The fourth-order valence-corrected chi connectivity index (χ4v) is 1.22. The summed E-state index contributed by atoms with van der Waals surface area (Å²) in [6.07, 6.45) is 5.54. The number of hydrogen-bond acceptors (Lipinski definition) is 0. The van der Waals surface area contributed by atoms with Crippen LogP contribution < -0.4 is 0 Å². The highest BCUT2D eigenvalue weighted by molar-refractivity contribution is 5.50. The van der Waals surface area contributed by atoms with Crippen molar-refractivity contribution in [1.29, 1.82) is 0 Å². The highest BCUT2D eigenvalue weighted by Crippen LogP contribution is 2.09. The standard InChI is InChI=1S/C13H18.C2H6/c1-4-12-6-5-7-13(10-12)9-8-11(2)3;1-2/h5-11H,4H2,1-3H3;1-2H3/b9-8+;. The Hall–Kier alpha value is -1.04. The van der Waals surface area contributed by atoms with Crippen molar-refractivity contribution in [2.75, 3.05) is 0 Å². The van der Waals surface area contributed by atoms with Crippen LogP contribution in [-0.2, 0) is 6.42 Å².